The van der Waals surface area contributed by atoms with Crippen LogP contribution in [-0.4, -0.2) is 37.2 Å². The van der Waals surface area contributed by atoms with E-state index in [4.69, 9.17) is 14.2 Å². The summed E-state index contributed by atoms with van der Waals surface area (Å²) < 4.78 is 16.8. The predicted molar refractivity (Wildman–Crippen MR) is 252 cm³/mol. The average Bonchev–Trinajstić information content (AvgIpc) is 3.22. The Hall–Kier alpha value is -1.59. The minimum atomic E-state index is -0.759. The Morgan fingerprint density at radius 2 is 0.559 bits per heavy atom. The number of carbonyl (C=O) groups excluding carboxylic acids is 3. The molecule has 0 spiro atoms. The molecule has 0 unspecified atom stereocenters. The van der Waals surface area contributed by atoms with Gasteiger partial charge in [0.05, 0.1) is 0 Å². The first-order valence-corrected chi connectivity index (χ1v) is 26.4. The standard InChI is InChI=1S/C53H102O6/c1-5-7-9-11-13-14-15-16-17-20-24-27-30-34-38-42-46-53(56)59-50(47-57-51(54)44-40-36-31-12-10-8-6-2)48-58-52(55)45-41-37-33-29-26-23-21-18-19-22-25-28-32-35-39-43-49(3)4/h49-50H,5-48H2,1-4H3/t50-/m1/s1. The maximum absolute atomic E-state index is 12.8. The molecular formula is C53H102O6. The lowest BCUT2D eigenvalue weighted by Crippen LogP contribution is -2.30. The first-order valence-electron chi connectivity index (χ1n) is 26.4. The molecular weight excluding hydrogens is 733 g/mol. The summed E-state index contributed by atoms with van der Waals surface area (Å²) in [5.74, 6) is -0.000248. The van der Waals surface area contributed by atoms with Crippen LogP contribution in [0.15, 0.2) is 0 Å². The van der Waals surface area contributed by atoms with E-state index < -0.39 is 6.10 Å². The van der Waals surface area contributed by atoms with Crippen LogP contribution in [0.1, 0.15) is 297 Å². The second-order valence-electron chi connectivity index (χ2n) is 18.6. The monoisotopic (exact) mass is 835 g/mol. The SMILES string of the molecule is CCCCCCCCCCCCCCCCCCC(=O)O[C@H](COC(=O)CCCCCCCCC)COC(=O)CCCCCCCCCCCCCCCCCC(C)C. The maximum Gasteiger partial charge on any atom is 0.306 e. The second kappa shape index (κ2) is 47.5. The van der Waals surface area contributed by atoms with Crippen molar-refractivity contribution in [2.45, 2.75) is 303 Å². The van der Waals surface area contributed by atoms with Crippen LogP contribution in [0, 0.1) is 5.92 Å². The fourth-order valence-electron chi connectivity index (χ4n) is 8.04. The molecule has 0 saturated carbocycles. The van der Waals surface area contributed by atoms with Gasteiger partial charge in [0.15, 0.2) is 6.10 Å². The molecule has 0 aromatic rings. The van der Waals surface area contributed by atoms with Crippen LogP contribution in [-0.2, 0) is 28.6 Å². The Balaban J connectivity index is 4.17. The molecule has 6 heteroatoms. The van der Waals surface area contributed by atoms with Gasteiger partial charge in [-0.1, -0.05) is 259 Å². The number of unbranched alkanes of at least 4 members (excludes halogenated alkanes) is 35. The molecule has 0 bridgehead atoms. The zero-order valence-electron chi connectivity index (χ0n) is 40.2. The zero-order valence-corrected chi connectivity index (χ0v) is 40.2. The minimum Gasteiger partial charge on any atom is -0.462 e. The molecule has 0 radical (unpaired) electrons. The molecule has 1 atom stereocenters. The van der Waals surface area contributed by atoms with Gasteiger partial charge in [-0.15, -0.1) is 0 Å². The number of esters is 3. The highest BCUT2D eigenvalue weighted by molar-refractivity contribution is 5.71. The van der Waals surface area contributed by atoms with Gasteiger partial charge in [-0.25, -0.2) is 0 Å². The highest BCUT2D eigenvalue weighted by atomic mass is 16.6. The van der Waals surface area contributed by atoms with Gasteiger partial charge < -0.3 is 14.2 Å². The van der Waals surface area contributed by atoms with Crippen LogP contribution in [0.4, 0.5) is 0 Å². The van der Waals surface area contributed by atoms with Crippen molar-refractivity contribution in [3.63, 3.8) is 0 Å². The van der Waals surface area contributed by atoms with E-state index in [9.17, 15) is 14.4 Å². The molecule has 0 amide bonds. The summed E-state index contributed by atoms with van der Waals surface area (Å²) in [7, 11) is 0. The fraction of sp³-hybridized carbons (Fsp3) is 0.943. The predicted octanol–water partition coefficient (Wildman–Crippen LogP) is 17.1. The van der Waals surface area contributed by atoms with Crippen LogP contribution in [0.5, 0.6) is 0 Å². The van der Waals surface area contributed by atoms with E-state index in [1.165, 1.54) is 193 Å². The van der Waals surface area contributed by atoms with Crippen LogP contribution in [0.2, 0.25) is 0 Å². The highest BCUT2D eigenvalue weighted by Gasteiger charge is 2.19. The van der Waals surface area contributed by atoms with Gasteiger partial charge in [0.1, 0.15) is 13.2 Å². The van der Waals surface area contributed by atoms with Gasteiger partial charge in [0.25, 0.3) is 0 Å². The summed E-state index contributed by atoms with van der Waals surface area (Å²) in [5, 5.41) is 0. The van der Waals surface area contributed by atoms with Gasteiger partial charge in [-0.05, 0) is 25.2 Å². The van der Waals surface area contributed by atoms with Crippen molar-refractivity contribution < 1.29 is 28.6 Å². The van der Waals surface area contributed by atoms with E-state index in [1.807, 2.05) is 0 Å². The second-order valence-corrected chi connectivity index (χ2v) is 18.6. The van der Waals surface area contributed by atoms with E-state index in [1.54, 1.807) is 0 Å². The van der Waals surface area contributed by atoms with Crippen molar-refractivity contribution >= 4 is 17.9 Å². The number of hydrogen-bond acceptors (Lipinski definition) is 6. The Morgan fingerprint density at radius 3 is 0.831 bits per heavy atom. The van der Waals surface area contributed by atoms with Crippen LogP contribution >= 0.6 is 0 Å². The topological polar surface area (TPSA) is 78.9 Å². The Kier molecular flexibility index (Phi) is 46.2. The molecule has 0 aliphatic carbocycles. The van der Waals surface area contributed by atoms with Crippen molar-refractivity contribution in [3.05, 3.63) is 0 Å². The largest absolute Gasteiger partial charge is 0.462 e. The van der Waals surface area contributed by atoms with Gasteiger partial charge in [0.2, 0.25) is 0 Å². The smallest absolute Gasteiger partial charge is 0.306 e. The van der Waals surface area contributed by atoms with E-state index in [0.29, 0.717) is 19.3 Å². The van der Waals surface area contributed by atoms with Crippen molar-refractivity contribution in [2.75, 3.05) is 13.2 Å². The van der Waals surface area contributed by atoms with Crippen LogP contribution in [0.3, 0.4) is 0 Å². The van der Waals surface area contributed by atoms with E-state index in [-0.39, 0.29) is 31.1 Å². The first kappa shape index (κ1) is 57.4. The molecule has 0 aliphatic rings. The van der Waals surface area contributed by atoms with E-state index >= 15 is 0 Å². The molecule has 0 fully saturated rings. The summed E-state index contributed by atoms with van der Waals surface area (Å²) in [6.45, 7) is 9.01. The maximum atomic E-state index is 12.8. The third-order valence-corrected chi connectivity index (χ3v) is 12.0. The van der Waals surface area contributed by atoms with E-state index in [0.717, 1.165) is 63.7 Å². The van der Waals surface area contributed by atoms with Gasteiger partial charge in [-0.2, -0.15) is 0 Å². The molecule has 0 aromatic carbocycles. The minimum absolute atomic E-state index is 0.0630. The van der Waals surface area contributed by atoms with Gasteiger partial charge >= 0.3 is 17.9 Å². The number of ether oxygens (including phenoxy) is 3. The molecule has 6 nitrogen and oxygen atoms in total. The highest BCUT2D eigenvalue weighted by Crippen LogP contribution is 2.17. The molecule has 0 rings (SSSR count). The first-order chi connectivity index (χ1) is 28.9. The third-order valence-electron chi connectivity index (χ3n) is 12.0. The molecule has 0 aromatic heterocycles. The number of carbonyl (C=O) groups is 3. The van der Waals surface area contributed by atoms with Crippen LogP contribution in [0.25, 0.3) is 0 Å². The molecule has 59 heavy (non-hydrogen) atoms. The molecule has 0 N–H and O–H groups in total. The van der Waals surface area contributed by atoms with Crippen molar-refractivity contribution in [1.82, 2.24) is 0 Å². The third kappa shape index (κ3) is 47.3. The lowest BCUT2D eigenvalue weighted by Gasteiger charge is -2.18. The number of rotatable bonds is 48. The summed E-state index contributed by atoms with van der Waals surface area (Å²) in [6.07, 6.45) is 49.6. The summed E-state index contributed by atoms with van der Waals surface area (Å²) in [4.78, 5) is 37.8. The molecule has 0 saturated heterocycles. The summed E-state index contributed by atoms with van der Waals surface area (Å²) in [6, 6.07) is 0. The fourth-order valence-corrected chi connectivity index (χ4v) is 8.04. The quantitative estimate of drug-likeness (QED) is 0.0345. The molecule has 0 heterocycles. The summed E-state index contributed by atoms with van der Waals surface area (Å²) >= 11 is 0. The van der Waals surface area contributed by atoms with Crippen molar-refractivity contribution in [2.24, 2.45) is 5.92 Å². The Labute approximate surface area is 368 Å². The van der Waals surface area contributed by atoms with Crippen LogP contribution < -0.4 is 0 Å². The molecule has 350 valence electrons. The summed E-state index contributed by atoms with van der Waals surface area (Å²) in [5.41, 5.74) is 0. The lowest BCUT2D eigenvalue weighted by molar-refractivity contribution is -0.167. The number of hydrogen-bond donors (Lipinski definition) is 0. The zero-order chi connectivity index (χ0) is 43.1. The lowest BCUT2D eigenvalue weighted by atomic mass is 10.0. The Bertz CT molecular complexity index is 887. The van der Waals surface area contributed by atoms with Gasteiger partial charge in [-0.3, -0.25) is 14.4 Å². The van der Waals surface area contributed by atoms with Crippen molar-refractivity contribution in [1.29, 1.82) is 0 Å². The average molecular weight is 835 g/mol. The molecule has 0 aliphatic heterocycles. The van der Waals surface area contributed by atoms with Gasteiger partial charge in [0, 0.05) is 19.3 Å². The van der Waals surface area contributed by atoms with E-state index in [2.05, 4.69) is 27.7 Å². The Morgan fingerprint density at radius 1 is 0.322 bits per heavy atom. The van der Waals surface area contributed by atoms with Crippen molar-refractivity contribution in [3.8, 4) is 0 Å². The normalized spacial score (nSPS) is 11.9.